The number of benzene rings is 1. The molecular formula is C22H24N4OS. The van der Waals surface area contributed by atoms with Gasteiger partial charge < -0.3 is 9.47 Å². The van der Waals surface area contributed by atoms with Crippen molar-refractivity contribution in [3.8, 4) is 5.82 Å². The van der Waals surface area contributed by atoms with Crippen LogP contribution in [0.2, 0.25) is 0 Å². The van der Waals surface area contributed by atoms with Crippen molar-refractivity contribution >= 4 is 23.4 Å². The Kier molecular flexibility index (Phi) is 5.50. The normalized spacial score (nSPS) is 17.9. The molecule has 0 saturated carbocycles. The first kappa shape index (κ1) is 18.8. The lowest BCUT2D eigenvalue weighted by atomic mass is 10.1. The van der Waals surface area contributed by atoms with Crippen molar-refractivity contribution in [2.24, 2.45) is 0 Å². The van der Waals surface area contributed by atoms with Gasteiger partial charge in [0.25, 0.3) is 0 Å². The van der Waals surface area contributed by atoms with E-state index in [9.17, 15) is 4.79 Å². The SMILES string of the molecule is CSc1ccccc1N1C(=O)CN(Cc2cccn2-c2ccccn2)CC1C. The van der Waals surface area contributed by atoms with Crippen LogP contribution in [0.1, 0.15) is 12.6 Å². The second-order valence-corrected chi connectivity index (χ2v) is 7.86. The van der Waals surface area contributed by atoms with Crippen LogP contribution in [-0.4, -0.2) is 45.7 Å². The van der Waals surface area contributed by atoms with Crippen LogP contribution < -0.4 is 4.90 Å². The largest absolute Gasteiger partial charge is 0.306 e. The first-order valence-corrected chi connectivity index (χ1v) is 10.6. The molecule has 2 aromatic heterocycles. The van der Waals surface area contributed by atoms with Crippen LogP contribution in [0.15, 0.2) is 71.9 Å². The summed E-state index contributed by atoms with van der Waals surface area (Å²) in [6, 6.07) is 18.3. The summed E-state index contributed by atoms with van der Waals surface area (Å²) in [5.41, 5.74) is 2.15. The van der Waals surface area contributed by atoms with Crippen LogP contribution in [0.3, 0.4) is 0 Å². The fourth-order valence-electron chi connectivity index (χ4n) is 3.85. The molecule has 1 fully saturated rings. The Morgan fingerprint density at radius 3 is 2.68 bits per heavy atom. The molecule has 1 amide bonds. The minimum Gasteiger partial charge on any atom is -0.306 e. The van der Waals surface area contributed by atoms with Gasteiger partial charge in [-0.2, -0.15) is 0 Å². The molecule has 6 heteroatoms. The minimum atomic E-state index is 0.118. The Balaban J connectivity index is 1.52. The van der Waals surface area contributed by atoms with Crippen molar-refractivity contribution in [2.75, 3.05) is 24.2 Å². The molecule has 4 rings (SSSR count). The number of para-hydroxylation sites is 1. The Bertz CT molecular complexity index is 956. The summed E-state index contributed by atoms with van der Waals surface area (Å²) in [6.07, 6.45) is 5.87. The molecule has 0 radical (unpaired) electrons. The number of hydrogen-bond donors (Lipinski definition) is 0. The molecule has 0 N–H and O–H groups in total. The molecule has 5 nitrogen and oxygen atoms in total. The molecule has 144 valence electrons. The van der Waals surface area contributed by atoms with Gasteiger partial charge in [-0.1, -0.05) is 18.2 Å². The highest BCUT2D eigenvalue weighted by Gasteiger charge is 2.32. The topological polar surface area (TPSA) is 41.4 Å². The predicted octanol–water partition coefficient (Wildman–Crippen LogP) is 3.83. The zero-order valence-corrected chi connectivity index (χ0v) is 17.0. The van der Waals surface area contributed by atoms with E-state index in [0.717, 1.165) is 35.2 Å². The minimum absolute atomic E-state index is 0.118. The highest BCUT2D eigenvalue weighted by Crippen LogP contribution is 2.31. The number of aromatic nitrogens is 2. The number of nitrogens with zero attached hydrogens (tertiary/aromatic N) is 4. The molecule has 28 heavy (non-hydrogen) atoms. The van der Waals surface area contributed by atoms with Crippen molar-refractivity contribution in [1.82, 2.24) is 14.5 Å². The molecular weight excluding hydrogens is 368 g/mol. The average molecular weight is 393 g/mol. The third kappa shape index (κ3) is 3.70. The third-order valence-electron chi connectivity index (χ3n) is 5.05. The van der Waals surface area contributed by atoms with Crippen LogP contribution in [0.5, 0.6) is 0 Å². The Morgan fingerprint density at radius 1 is 1.11 bits per heavy atom. The average Bonchev–Trinajstić information content (AvgIpc) is 3.16. The zero-order chi connectivity index (χ0) is 19.5. The Morgan fingerprint density at radius 2 is 1.93 bits per heavy atom. The lowest BCUT2D eigenvalue weighted by Crippen LogP contribution is -2.55. The van der Waals surface area contributed by atoms with Gasteiger partial charge in [0.05, 0.1) is 12.2 Å². The summed E-state index contributed by atoms with van der Waals surface area (Å²) in [6.45, 7) is 4.10. The van der Waals surface area contributed by atoms with E-state index in [0.29, 0.717) is 6.54 Å². The molecule has 0 aliphatic carbocycles. The summed E-state index contributed by atoms with van der Waals surface area (Å²) < 4.78 is 2.09. The monoisotopic (exact) mass is 392 g/mol. The number of piperazine rings is 1. The maximum Gasteiger partial charge on any atom is 0.241 e. The molecule has 1 aromatic carbocycles. The predicted molar refractivity (Wildman–Crippen MR) is 114 cm³/mol. The van der Waals surface area contributed by atoms with E-state index in [1.54, 1.807) is 18.0 Å². The first-order valence-electron chi connectivity index (χ1n) is 9.42. The second-order valence-electron chi connectivity index (χ2n) is 7.01. The molecule has 1 unspecified atom stereocenters. The van der Waals surface area contributed by atoms with Gasteiger partial charge in [0.2, 0.25) is 5.91 Å². The van der Waals surface area contributed by atoms with Crippen LogP contribution >= 0.6 is 11.8 Å². The van der Waals surface area contributed by atoms with Gasteiger partial charge in [-0.3, -0.25) is 9.69 Å². The summed E-state index contributed by atoms with van der Waals surface area (Å²) in [4.78, 5) is 22.8. The highest BCUT2D eigenvalue weighted by atomic mass is 32.2. The molecule has 3 aromatic rings. The van der Waals surface area contributed by atoms with Crippen LogP contribution in [-0.2, 0) is 11.3 Å². The van der Waals surface area contributed by atoms with Gasteiger partial charge in [-0.25, -0.2) is 4.98 Å². The lowest BCUT2D eigenvalue weighted by molar-refractivity contribution is -0.122. The van der Waals surface area contributed by atoms with Crippen molar-refractivity contribution < 1.29 is 4.79 Å². The van der Waals surface area contributed by atoms with Gasteiger partial charge in [0.15, 0.2) is 0 Å². The van der Waals surface area contributed by atoms with Gasteiger partial charge in [0, 0.05) is 42.1 Å². The molecule has 1 saturated heterocycles. The van der Waals surface area contributed by atoms with Gasteiger partial charge in [-0.15, -0.1) is 11.8 Å². The first-order chi connectivity index (χ1) is 13.7. The number of hydrogen-bond acceptors (Lipinski definition) is 4. The van der Waals surface area contributed by atoms with Gasteiger partial charge >= 0.3 is 0 Å². The summed E-state index contributed by atoms with van der Waals surface area (Å²) in [5.74, 6) is 1.05. The summed E-state index contributed by atoms with van der Waals surface area (Å²) in [7, 11) is 0. The lowest BCUT2D eigenvalue weighted by Gasteiger charge is -2.40. The molecule has 3 heterocycles. The number of carbonyl (C=O) groups excluding carboxylic acids is 1. The Hall–Kier alpha value is -2.57. The molecule has 1 aliphatic rings. The van der Waals surface area contributed by atoms with Crippen molar-refractivity contribution in [2.45, 2.75) is 24.4 Å². The van der Waals surface area contributed by atoms with Gasteiger partial charge in [-0.05, 0) is 49.6 Å². The van der Waals surface area contributed by atoms with E-state index in [4.69, 9.17) is 0 Å². The van der Waals surface area contributed by atoms with E-state index < -0.39 is 0 Å². The van der Waals surface area contributed by atoms with Gasteiger partial charge in [0.1, 0.15) is 5.82 Å². The van der Waals surface area contributed by atoms with Crippen LogP contribution in [0.25, 0.3) is 5.82 Å². The maximum atomic E-state index is 13.0. The highest BCUT2D eigenvalue weighted by molar-refractivity contribution is 7.98. The van der Waals surface area contributed by atoms with E-state index >= 15 is 0 Å². The summed E-state index contributed by atoms with van der Waals surface area (Å²) >= 11 is 1.68. The number of anilines is 1. The fraction of sp³-hybridized carbons (Fsp3) is 0.273. The number of pyridine rings is 1. The van der Waals surface area contributed by atoms with E-state index in [2.05, 4.69) is 39.8 Å². The standard InChI is InChI=1S/C22H24N4OS/c1-17-14-24(15-18-8-7-13-25(18)21-11-5-6-12-23-21)16-22(27)26(17)19-9-3-4-10-20(19)28-2/h3-13,17H,14-16H2,1-2H3. The summed E-state index contributed by atoms with van der Waals surface area (Å²) in [5, 5.41) is 0. The smallest absolute Gasteiger partial charge is 0.241 e. The van der Waals surface area contributed by atoms with E-state index in [1.165, 1.54) is 0 Å². The van der Waals surface area contributed by atoms with Crippen molar-refractivity contribution in [3.63, 3.8) is 0 Å². The third-order valence-corrected chi connectivity index (χ3v) is 5.84. The zero-order valence-electron chi connectivity index (χ0n) is 16.2. The van der Waals surface area contributed by atoms with E-state index in [1.807, 2.05) is 53.6 Å². The van der Waals surface area contributed by atoms with E-state index in [-0.39, 0.29) is 11.9 Å². The van der Waals surface area contributed by atoms with Crippen molar-refractivity contribution in [3.05, 3.63) is 72.7 Å². The van der Waals surface area contributed by atoms with Crippen molar-refractivity contribution in [1.29, 1.82) is 0 Å². The fourth-order valence-corrected chi connectivity index (χ4v) is 4.44. The maximum absolute atomic E-state index is 13.0. The second kappa shape index (κ2) is 8.20. The number of carbonyl (C=O) groups is 1. The van der Waals surface area contributed by atoms with Crippen LogP contribution in [0, 0.1) is 0 Å². The van der Waals surface area contributed by atoms with Crippen LogP contribution in [0.4, 0.5) is 5.69 Å². The molecule has 0 bridgehead atoms. The molecule has 1 atom stereocenters. The Labute approximate surface area is 170 Å². The quantitative estimate of drug-likeness (QED) is 0.619. The number of rotatable bonds is 5. The number of amides is 1. The molecule has 0 spiro atoms. The number of thioether (sulfide) groups is 1. The molecule has 1 aliphatic heterocycles.